The summed E-state index contributed by atoms with van der Waals surface area (Å²) in [6.07, 6.45) is 2.06. The molecule has 0 spiro atoms. The van der Waals surface area contributed by atoms with Gasteiger partial charge in [-0.3, -0.25) is 9.59 Å². The van der Waals surface area contributed by atoms with Crippen LogP contribution in [0.4, 0.5) is 5.69 Å². The molecule has 27 heavy (non-hydrogen) atoms. The summed E-state index contributed by atoms with van der Waals surface area (Å²) in [5.74, 6) is -0.0564. The molecule has 1 fully saturated rings. The molecule has 0 bridgehead atoms. The van der Waals surface area contributed by atoms with E-state index in [1.54, 1.807) is 13.2 Å². The minimum absolute atomic E-state index is 0.273. The van der Waals surface area contributed by atoms with Gasteiger partial charge in [-0.2, -0.15) is 0 Å². The van der Waals surface area contributed by atoms with Gasteiger partial charge in [0.2, 0.25) is 0 Å². The van der Waals surface area contributed by atoms with Gasteiger partial charge in [-0.05, 0) is 43.0 Å². The van der Waals surface area contributed by atoms with Crippen LogP contribution in [0, 0.1) is 6.92 Å². The Balaban J connectivity index is 1.87. The molecule has 0 saturated carbocycles. The number of hydrogen-bond acceptors (Lipinski definition) is 4. The Morgan fingerprint density at radius 3 is 2.30 bits per heavy atom. The van der Waals surface area contributed by atoms with Gasteiger partial charge in [-0.15, -0.1) is 0 Å². The molecule has 2 amide bonds. The number of hydrogen-bond donors (Lipinski definition) is 0. The maximum atomic E-state index is 13.4. The Hall–Kier alpha value is -3.08. The van der Waals surface area contributed by atoms with E-state index in [-0.39, 0.29) is 11.8 Å². The predicted octanol–water partition coefficient (Wildman–Crippen LogP) is 3.38. The van der Waals surface area contributed by atoms with Crippen LogP contribution in [0.2, 0.25) is 0 Å². The fourth-order valence-corrected chi connectivity index (χ4v) is 3.81. The van der Waals surface area contributed by atoms with E-state index >= 15 is 0 Å². The number of ether oxygens (including phenoxy) is 1. The lowest BCUT2D eigenvalue weighted by molar-refractivity contribution is -0.120. The Morgan fingerprint density at radius 1 is 0.926 bits per heavy atom. The largest absolute Gasteiger partial charge is 0.495 e. The first kappa shape index (κ1) is 17.3. The third-order valence-corrected chi connectivity index (χ3v) is 5.12. The lowest BCUT2D eigenvalue weighted by Gasteiger charge is -2.21. The molecular formula is C22H22N2O3. The van der Waals surface area contributed by atoms with Crippen molar-refractivity contribution in [2.24, 2.45) is 0 Å². The quantitative estimate of drug-likeness (QED) is 0.783. The topological polar surface area (TPSA) is 49.9 Å². The van der Waals surface area contributed by atoms with Crippen molar-refractivity contribution in [2.45, 2.75) is 19.8 Å². The number of nitrogens with zero attached hydrogens (tertiary/aromatic N) is 2. The maximum absolute atomic E-state index is 13.4. The summed E-state index contributed by atoms with van der Waals surface area (Å²) in [4.78, 5) is 30.2. The van der Waals surface area contributed by atoms with Crippen LogP contribution in [0.5, 0.6) is 5.75 Å². The summed E-state index contributed by atoms with van der Waals surface area (Å²) in [7, 11) is 1.55. The van der Waals surface area contributed by atoms with E-state index in [4.69, 9.17) is 4.74 Å². The van der Waals surface area contributed by atoms with Gasteiger partial charge in [0.15, 0.2) is 0 Å². The number of anilines is 1. The number of amides is 2. The number of rotatable bonds is 4. The van der Waals surface area contributed by atoms with Gasteiger partial charge in [-0.25, -0.2) is 4.90 Å². The summed E-state index contributed by atoms with van der Waals surface area (Å²) < 4.78 is 5.43. The van der Waals surface area contributed by atoms with Crippen molar-refractivity contribution >= 4 is 23.1 Å². The van der Waals surface area contributed by atoms with Crippen molar-refractivity contribution < 1.29 is 14.3 Å². The van der Waals surface area contributed by atoms with Gasteiger partial charge in [0.05, 0.1) is 18.4 Å². The normalized spacial score (nSPS) is 17.3. The van der Waals surface area contributed by atoms with Crippen LogP contribution in [0.3, 0.4) is 0 Å². The average molecular weight is 362 g/mol. The maximum Gasteiger partial charge on any atom is 0.282 e. The summed E-state index contributed by atoms with van der Waals surface area (Å²) >= 11 is 0. The lowest BCUT2D eigenvalue weighted by atomic mass is 10.0. The van der Waals surface area contributed by atoms with Crippen LogP contribution in [0.1, 0.15) is 24.0 Å². The molecule has 1 saturated heterocycles. The molecule has 0 unspecified atom stereocenters. The second-order valence-corrected chi connectivity index (χ2v) is 6.90. The van der Waals surface area contributed by atoms with Crippen LogP contribution in [-0.4, -0.2) is 36.9 Å². The smallest absolute Gasteiger partial charge is 0.282 e. The van der Waals surface area contributed by atoms with Crippen molar-refractivity contribution in [3.05, 3.63) is 65.4 Å². The molecule has 0 radical (unpaired) electrons. The van der Waals surface area contributed by atoms with Gasteiger partial charge in [0, 0.05) is 13.1 Å². The average Bonchev–Trinajstić information content (AvgIpc) is 3.28. The Morgan fingerprint density at radius 2 is 1.63 bits per heavy atom. The third-order valence-electron chi connectivity index (χ3n) is 5.12. The van der Waals surface area contributed by atoms with E-state index < -0.39 is 0 Å². The Labute approximate surface area is 158 Å². The van der Waals surface area contributed by atoms with Gasteiger partial charge in [0.25, 0.3) is 11.8 Å². The summed E-state index contributed by atoms with van der Waals surface area (Å²) in [6, 6.07) is 15.0. The number of likely N-dealkylation sites (tertiary alicyclic amines) is 1. The standard InChI is InChI=1S/C22H22N2O3/c1-15-10-11-18(27-2)17(14-15)24-21(25)19(16-8-4-3-5-9-16)20(22(24)26)23-12-6-7-13-23/h3-5,8-11,14H,6-7,12-13H2,1-2H3. The molecule has 2 heterocycles. The number of carbonyl (C=O) groups excluding carboxylic acids is 2. The monoisotopic (exact) mass is 362 g/mol. The van der Waals surface area contributed by atoms with Crippen LogP contribution in [-0.2, 0) is 9.59 Å². The minimum atomic E-state index is -0.294. The van der Waals surface area contributed by atoms with E-state index in [2.05, 4.69) is 0 Å². The first-order chi connectivity index (χ1) is 13.1. The van der Waals surface area contributed by atoms with Crippen LogP contribution < -0.4 is 9.64 Å². The van der Waals surface area contributed by atoms with Crippen molar-refractivity contribution in [1.29, 1.82) is 0 Å². The van der Waals surface area contributed by atoms with Crippen LogP contribution >= 0.6 is 0 Å². The summed E-state index contributed by atoms with van der Waals surface area (Å²) in [6.45, 7) is 3.52. The highest BCUT2D eigenvalue weighted by atomic mass is 16.5. The molecular weight excluding hydrogens is 340 g/mol. The molecule has 5 heteroatoms. The zero-order valence-corrected chi connectivity index (χ0v) is 15.6. The second kappa shape index (κ2) is 6.91. The zero-order valence-electron chi connectivity index (χ0n) is 15.6. The molecule has 4 rings (SSSR count). The van der Waals surface area contributed by atoms with E-state index in [0.29, 0.717) is 22.7 Å². The van der Waals surface area contributed by atoms with E-state index in [0.717, 1.165) is 37.1 Å². The van der Waals surface area contributed by atoms with Crippen molar-refractivity contribution in [3.63, 3.8) is 0 Å². The van der Waals surface area contributed by atoms with Gasteiger partial charge < -0.3 is 9.64 Å². The second-order valence-electron chi connectivity index (χ2n) is 6.90. The number of methoxy groups -OCH3 is 1. The van der Waals surface area contributed by atoms with Crippen molar-refractivity contribution in [3.8, 4) is 5.75 Å². The lowest BCUT2D eigenvalue weighted by Crippen LogP contribution is -2.34. The Kier molecular flexibility index (Phi) is 4.44. The first-order valence-corrected chi connectivity index (χ1v) is 9.20. The fourth-order valence-electron chi connectivity index (χ4n) is 3.81. The molecule has 0 atom stereocenters. The first-order valence-electron chi connectivity index (χ1n) is 9.20. The number of benzene rings is 2. The van der Waals surface area contributed by atoms with E-state index in [9.17, 15) is 9.59 Å². The molecule has 2 aliphatic heterocycles. The highest BCUT2D eigenvalue weighted by Gasteiger charge is 2.43. The van der Waals surface area contributed by atoms with Gasteiger partial charge in [0.1, 0.15) is 11.4 Å². The third kappa shape index (κ3) is 2.89. The van der Waals surface area contributed by atoms with E-state index in [1.807, 2.05) is 54.3 Å². The SMILES string of the molecule is COc1ccc(C)cc1N1C(=O)C(c2ccccc2)=C(N2CCCC2)C1=O. The Bertz CT molecular complexity index is 928. The molecule has 138 valence electrons. The summed E-state index contributed by atoms with van der Waals surface area (Å²) in [5, 5.41) is 0. The van der Waals surface area contributed by atoms with E-state index in [1.165, 1.54) is 4.90 Å². The molecule has 0 aromatic heterocycles. The summed E-state index contributed by atoms with van der Waals surface area (Å²) in [5.41, 5.74) is 3.21. The minimum Gasteiger partial charge on any atom is -0.495 e. The number of carbonyl (C=O) groups is 2. The van der Waals surface area contributed by atoms with Crippen LogP contribution in [0.25, 0.3) is 5.57 Å². The molecule has 0 aliphatic carbocycles. The number of imide groups is 1. The highest BCUT2D eigenvalue weighted by molar-refractivity contribution is 6.45. The molecule has 0 N–H and O–H groups in total. The van der Waals surface area contributed by atoms with Crippen molar-refractivity contribution in [2.75, 3.05) is 25.1 Å². The molecule has 2 aliphatic rings. The molecule has 2 aromatic carbocycles. The van der Waals surface area contributed by atoms with Gasteiger partial charge >= 0.3 is 0 Å². The van der Waals surface area contributed by atoms with Crippen LogP contribution in [0.15, 0.2) is 54.2 Å². The predicted molar refractivity (Wildman–Crippen MR) is 104 cm³/mol. The molecule has 2 aromatic rings. The number of aryl methyl sites for hydroxylation is 1. The van der Waals surface area contributed by atoms with Gasteiger partial charge in [-0.1, -0.05) is 36.4 Å². The molecule has 5 nitrogen and oxygen atoms in total. The zero-order chi connectivity index (χ0) is 19.0. The highest BCUT2D eigenvalue weighted by Crippen LogP contribution is 2.39. The fraction of sp³-hybridized carbons (Fsp3) is 0.273. The van der Waals surface area contributed by atoms with Crippen molar-refractivity contribution in [1.82, 2.24) is 4.90 Å².